The summed E-state index contributed by atoms with van der Waals surface area (Å²) in [6.07, 6.45) is 1.88. The Morgan fingerprint density at radius 2 is 2.24 bits per heavy atom. The molecular formula is C11H14N6O2S2. The SMILES string of the molecule is CCSc1n[nH]c(NC(=O)c2cc(=O)[nH]c(CSC)n2)n1. The van der Waals surface area contributed by atoms with Crippen molar-refractivity contribution < 1.29 is 4.79 Å². The smallest absolute Gasteiger partial charge is 0.276 e. The third-order valence-electron chi connectivity index (χ3n) is 2.27. The molecule has 8 nitrogen and oxygen atoms in total. The second-order valence-corrected chi connectivity index (χ2v) is 5.96. The van der Waals surface area contributed by atoms with Crippen LogP contribution in [0.4, 0.5) is 5.95 Å². The maximum atomic E-state index is 12.1. The zero-order valence-corrected chi connectivity index (χ0v) is 13.1. The Morgan fingerprint density at radius 1 is 1.43 bits per heavy atom. The number of nitrogens with one attached hydrogen (secondary N) is 3. The fourth-order valence-corrected chi connectivity index (χ4v) is 2.43. The van der Waals surface area contributed by atoms with Gasteiger partial charge in [0.05, 0.1) is 5.75 Å². The molecule has 10 heteroatoms. The van der Waals surface area contributed by atoms with Gasteiger partial charge in [0.15, 0.2) is 0 Å². The number of carbonyl (C=O) groups is 1. The van der Waals surface area contributed by atoms with Crippen LogP contribution in [0.2, 0.25) is 0 Å². The van der Waals surface area contributed by atoms with Crippen molar-refractivity contribution in [2.75, 3.05) is 17.3 Å². The van der Waals surface area contributed by atoms with Gasteiger partial charge in [-0.05, 0) is 12.0 Å². The molecule has 0 spiro atoms. The van der Waals surface area contributed by atoms with Crippen LogP contribution in [0.3, 0.4) is 0 Å². The number of hydrogen-bond acceptors (Lipinski definition) is 7. The maximum absolute atomic E-state index is 12.1. The van der Waals surface area contributed by atoms with Crippen molar-refractivity contribution >= 4 is 35.4 Å². The number of aromatic nitrogens is 5. The number of nitrogens with zero attached hydrogens (tertiary/aromatic N) is 3. The zero-order chi connectivity index (χ0) is 15.2. The lowest BCUT2D eigenvalue weighted by atomic mass is 10.3. The van der Waals surface area contributed by atoms with Gasteiger partial charge in [0, 0.05) is 6.07 Å². The number of hydrogen-bond donors (Lipinski definition) is 3. The molecule has 2 rings (SSSR count). The summed E-state index contributed by atoms with van der Waals surface area (Å²) < 4.78 is 0. The first kappa shape index (κ1) is 15.6. The highest BCUT2D eigenvalue weighted by atomic mass is 32.2. The molecule has 0 unspecified atom stereocenters. The highest BCUT2D eigenvalue weighted by molar-refractivity contribution is 7.99. The van der Waals surface area contributed by atoms with Crippen LogP contribution in [0.25, 0.3) is 0 Å². The number of aromatic amines is 2. The molecule has 2 aromatic rings. The number of thioether (sulfide) groups is 2. The molecule has 1 amide bonds. The van der Waals surface area contributed by atoms with E-state index in [0.29, 0.717) is 16.7 Å². The predicted octanol–water partition coefficient (Wildman–Crippen LogP) is 1.12. The first-order valence-corrected chi connectivity index (χ1v) is 8.46. The number of anilines is 1. The van der Waals surface area contributed by atoms with Gasteiger partial charge in [-0.25, -0.2) is 10.1 Å². The van der Waals surface area contributed by atoms with Crippen LogP contribution >= 0.6 is 23.5 Å². The summed E-state index contributed by atoms with van der Waals surface area (Å²) in [6, 6.07) is 1.15. The van der Waals surface area contributed by atoms with Crippen LogP contribution in [0.15, 0.2) is 16.0 Å². The first-order chi connectivity index (χ1) is 10.1. The average molecular weight is 326 g/mol. The molecule has 3 N–H and O–H groups in total. The van der Waals surface area contributed by atoms with E-state index >= 15 is 0 Å². The largest absolute Gasteiger partial charge is 0.310 e. The molecule has 0 atom stereocenters. The Labute approximate surface area is 128 Å². The van der Waals surface area contributed by atoms with Crippen molar-refractivity contribution in [2.24, 2.45) is 0 Å². The number of rotatable bonds is 6. The van der Waals surface area contributed by atoms with E-state index in [1.165, 1.54) is 23.5 Å². The molecule has 112 valence electrons. The van der Waals surface area contributed by atoms with Gasteiger partial charge < -0.3 is 4.98 Å². The second kappa shape index (κ2) is 7.27. The third kappa shape index (κ3) is 4.33. The summed E-state index contributed by atoms with van der Waals surface area (Å²) in [5.74, 6) is 1.53. The molecule has 0 saturated heterocycles. The van der Waals surface area contributed by atoms with E-state index in [-0.39, 0.29) is 17.2 Å². The molecule has 0 fully saturated rings. The molecule has 0 aliphatic carbocycles. The topological polar surface area (TPSA) is 116 Å². The Balaban J connectivity index is 2.13. The third-order valence-corrected chi connectivity index (χ3v) is 3.57. The fourth-order valence-electron chi connectivity index (χ4n) is 1.50. The maximum Gasteiger partial charge on any atom is 0.276 e. The summed E-state index contributed by atoms with van der Waals surface area (Å²) in [4.78, 5) is 34.4. The number of amides is 1. The van der Waals surface area contributed by atoms with E-state index in [1.807, 2.05) is 13.2 Å². The van der Waals surface area contributed by atoms with Crippen LogP contribution in [0.5, 0.6) is 0 Å². The molecule has 0 aliphatic heterocycles. The summed E-state index contributed by atoms with van der Waals surface area (Å²) >= 11 is 2.95. The summed E-state index contributed by atoms with van der Waals surface area (Å²) in [5.41, 5.74) is -0.317. The lowest BCUT2D eigenvalue weighted by molar-refractivity contribution is 0.102. The second-order valence-electron chi connectivity index (χ2n) is 3.86. The van der Waals surface area contributed by atoms with Crippen molar-refractivity contribution in [1.29, 1.82) is 0 Å². The van der Waals surface area contributed by atoms with Crippen molar-refractivity contribution in [2.45, 2.75) is 17.8 Å². The number of H-pyrrole nitrogens is 2. The van der Waals surface area contributed by atoms with Gasteiger partial charge >= 0.3 is 0 Å². The minimum Gasteiger partial charge on any atom is -0.310 e. The van der Waals surface area contributed by atoms with Crippen molar-refractivity contribution in [3.8, 4) is 0 Å². The fraction of sp³-hybridized carbons (Fsp3) is 0.364. The molecule has 0 saturated carbocycles. The standard InChI is InChI=1S/C11H14N6O2S2/c1-3-21-11-15-10(16-17-11)14-9(19)6-4-8(18)13-7(12-6)5-20-2/h4H,3,5H2,1-2H3,(H,12,13,18)(H2,14,15,16,17,19). The Kier molecular flexibility index (Phi) is 5.39. The van der Waals surface area contributed by atoms with Gasteiger partial charge in [-0.2, -0.15) is 16.7 Å². The summed E-state index contributed by atoms with van der Waals surface area (Å²) in [5, 5.41) is 9.63. The molecule has 2 aromatic heterocycles. The van der Waals surface area contributed by atoms with Crippen LogP contribution in [0, 0.1) is 0 Å². The lowest BCUT2D eigenvalue weighted by Gasteiger charge is -2.02. The minimum absolute atomic E-state index is 0.0453. The van der Waals surface area contributed by atoms with Crippen molar-refractivity contribution in [3.05, 3.63) is 27.9 Å². The summed E-state index contributed by atoms with van der Waals surface area (Å²) in [6.45, 7) is 1.98. The van der Waals surface area contributed by atoms with E-state index in [1.54, 1.807) is 0 Å². The van der Waals surface area contributed by atoms with Gasteiger partial charge in [-0.15, -0.1) is 5.10 Å². The van der Waals surface area contributed by atoms with Crippen LogP contribution in [0.1, 0.15) is 23.2 Å². The molecule has 21 heavy (non-hydrogen) atoms. The molecule has 2 heterocycles. The quantitative estimate of drug-likeness (QED) is 0.681. The van der Waals surface area contributed by atoms with Crippen molar-refractivity contribution in [1.82, 2.24) is 25.1 Å². The Bertz CT molecular complexity index is 683. The van der Waals surface area contributed by atoms with Gasteiger partial charge in [0.25, 0.3) is 11.5 Å². The minimum atomic E-state index is -0.507. The van der Waals surface area contributed by atoms with E-state index in [4.69, 9.17) is 0 Å². The average Bonchev–Trinajstić information content (AvgIpc) is 2.86. The van der Waals surface area contributed by atoms with Crippen LogP contribution in [-0.2, 0) is 5.75 Å². The Morgan fingerprint density at radius 3 is 2.95 bits per heavy atom. The van der Waals surface area contributed by atoms with Crippen LogP contribution in [-0.4, -0.2) is 43.1 Å². The highest BCUT2D eigenvalue weighted by Gasteiger charge is 2.13. The van der Waals surface area contributed by atoms with E-state index in [0.717, 1.165) is 11.8 Å². The first-order valence-electron chi connectivity index (χ1n) is 6.08. The molecule has 0 radical (unpaired) electrons. The lowest BCUT2D eigenvalue weighted by Crippen LogP contribution is -2.20. The summed E-state index contributed by atoms with van der Waals surface area (Å²) in [7, 11) is 0. The predicted molar refractivity (Wildman–Crippen MR) is 82.8 cm³/mol. The number of carbonyl (C=O) groups excluding carboxylic acids is 1. The van der Waals surface area contributed by atoms with Gasteiger partial charge in [-0.1, -0.05) is 18.7 Å². The molecule has 0 aromatic carbocycles. The monoisotopic (exact) mass is 326 g/mol. The van der Waals surface area contributed by atoms with E-state index < -0.39 is 5.91 Å². The molecule has 0 aliphatic rings. The van der Waals surface area contributed by atoms with E-state index in [2.05, 4.69) is 30.5 Å². The van der Waals surface area contributed by atoms with Gasteiger partial charge in [0.1, 0.15) is 11.5 Å². The normalized spacial score (nSPS) is 10.6. The van der Waals surface area contributed by atoms with Crippen molar-refractivity contribution in [3.63, 3.8) is 0 Å². The molecular weight excluding hydrogens is 312 g/mol. The van der Waals surface area contributed by atoms with Gasteiger partial charge in [-0.3, -0.25) is 14.9 Å². The molecule has 0 bridgehead atoms. The van der Waals surface area contributed by atoms with Crippen LogP contribution < -0.4 is 10.9 Å². The zero-order valence-electron chi connectivity index (χ0n) is 11.5. The highest BCUT2D eigenvalue weighted by Crippen LogP contribution is 2.13. The van der Waals surface area contributed by atoms with Gasteiger partial charge in [0.2, 0.25) is 11.1 Å². The Hall–Kier alpha value is -1.81. The van der Waals surface area contributed by atoms with E-state index in [9.17, 15) is 9.59 Å².